The zero-order chi connectivity index (χ0) is 27.4. The normalized spacial score (nSPS) is 38.6. The smallest absolute Gasteiger partial charge is 0.337 e. The molecule has 12 nitrogen and oxygen atoms in total. The lowest BCUT2D eigenvalue weighted by molar-refractivity contribution is -0.345. The van der Waals surface area contributed by atoms with E-state index >= 15 is 0 Å². The number of fused-ring (bicyclic) bond motifs is 6. The van der Waals surface area contributed by atoms with Gasteiger partial charge >= 0.3 is 5.97 Å². The van der Waals surface area contributed by atoms with E-state index < -0.39 is 67.5 Å². The van der Waals surface area contributed by atoms with Crippen LogP contribution in [0.25, 0.3) is 10.9 Å². The van der Waals surface area contributed by atoms with Crippen LogP contribution in [0.2, 0.25) is 0 Å². The van der Waals surface area contributed by atoms with Gasteiger partial charge in [-0.1, -0.05) is 18.2 Å². The van der Waals surface area contributed by atoms with E-state index in [1.807, 2.05) is 18.2 Å². The summed E-state index contributed by atoms with van der Waals surface area (Å²) < 4.78 is 22.3. The molecule has 0 aliphatic carbocycles. The van der Waals surface area contributed by atoms with Crippen LogP contribution in [-0.4, -0.2) is 111 Å². The molecule has 12 heteroatoms. The van der Waals surface area contributed by atoms with Crippen LogP contribution in [-0.2, 0) is 30.2 Å². The molecule has 1 aromatic heterocycles. The van der Waals surface area contributed by atoms with Crippen LogP contribution in [0, 0.1) is 11.8 Å². The third-order valence-electron chi connectivity index (χ3n) is 8.66. The predicted molar refractivity (Wildman–Crippen MR) is 134 cm³/mol. The SMILES string of the molecule is COC(=O)C1=CO[C@@H](O[C@@H]2O[C@H](CO)[C@@H](O)[C@H](O)[C@H]2O)[C@H]2[C@@H]1C[C@H]1c3[nH]c4ccccc4c3CCN1C[C@@H]2O. The van der Waals surface area contributed by atoms with Gasteiger partial charge in [-0.3, -0.25) is 4.90 Å². The van der Waals surface area contributed by atoms with Crippen LogP contribution >= 0.6 is 0 Å². The second-order valence-corrected chi connectivity index (χ2v) is 10.7. The lowest BCUT2D eigenvalue weighted by Crippen LogP contribution is -2.60. The van der Waals surface area contributed by atoms with Gasteiger partial charge in [0.2, 0.25) is 6.29 Å². The number of carbonyl (C=O) groups is 1. The van der Waals surface area contributed by atoms with Gasteiger partial charge in [-0.05, 0) is 24.5 Å². The van der Waals surface area contributed by atoms with E-state index in [1.54, 1.807) is 0 Å². The topological polar surface area (TPSA) is 174 Å². The second kappa shape index (κ2) is 10.5. The standard InChI is InChI=1S/C27H34N2O10/c1-36-25(35)15-11-37-26(39-27-24(34)23(33)22(32)19(10-30)38-27)20-14(15)8-17-21-13(6-7-29(17)9-18(20)31)12-4-2-3-5-16(12)28-21/h2-5,11,14,17-20,22-24,26-28,30-34H,6-10H2,1H3/t14-,17+,18+,19-,20+,22-,23+,24-,26+,27+/m1/s1. The molecule has 5 heterocycles. The van der Waals surface area contributed by atoms with Crippen LogP contribution < -0.4 is 0 Å². The number of nitrogens with one attached hydrogen (secondary N) is 1. The molecule has 4 aliphatic heterocycles. The average molecular weight is 547 g/mol. The largest absolute Gasteiger partial charge is 0.471 e. The number of ether oxygens (including phenoxy) is 4. The summed E-state index contributed by atoms with van der Waals surface area (Å²) in [5, 5.41) is 53.1. The molecular formula is C27H34N2O10. The van der Waals surface area contributed by atoms with Crippen molar-refractivity contribution >= 4 is 16.9 Å². The van der Waals surface area contributed by atoms with E-state index in [0.717, 1.165) is 23.0 Å². The molecule has 0 radical (unpaired) electrons. The number of rotatable bonds is 4. The Hall–Kier alpha value is -2.55. The minimum atomic E-state index is -1.64. The van der Waals surface area contributed by atoms with Gasteiger partial charge in [0, 0.05) is 35.6 Å². The fraction of sp³-hybridized carbons (Fsp3) is 0.593. The fourth-order valence-corrected chi connectivity index (χ4v) is 6.66. The highest BCUT2D eigenvalue weighted by Crippen LogP contribution is 2.47. The number of para-hydroxylation sites is 1. The molecule has 0 spiro atoms. The molecule has 10 atom stereocenters. The van der Waals surface area contributed by atoms with Gasteiger partial charge in [0.15, 0.2) is 6.29 Å². The summed E-state index contributed by atoms with van der Waals surface area (Å²) in [6.07, 6.45) is -7.06. The first kappa shape index (κ1) is 26.7. The van der Waals surface area contributed by atoms with Crippen LogP contribution in [0.4, 0.5) is 0 Å². The minimum Gasteiger partial charge on any atom is -0.471 e. The van der Waals surface area contributed by atoms with Crippen molar-refractivity contribution in [2.45, 2.75) is 62.0 Å². The molecule has 6 rings (SSSR count). The number of aromatic amines is 1. The van der Waals surface area contributed by atoms with Crippen molar-refractivity contribution in [2.24, 2.45) is 11.8 Å². The summed E-state index contributed by atoms with van der Waals surface area (Å²) in [6.45, 7) is 0.389. The summed E-state index contributed by atoms with van der Waals surface area (Å²) in [4.78, 5) is 18.6. The first-order valence-electron chi connectivity index (χ1n) is 13.2. The lowest BCUT2D eigenvalue weighted by Gasteiger charge is -2.44. The molecule has 39 heavy (non-hydrogen) atoms. The summed E-state index contributed by atoms with van der Waals surface area (Å²) in [5.74, 6) is -1.87. The van der Waals surface area contributed by atoms with Gasteiger partial charge in [0.25, 0.3) is 0 Å². The van der Waals surface area contributed by atoms with Gasteiger partial charge in [-0.2, -0.15) is 0 Å². The Morgan fingerprint density at radius 2 is 1.92 bits per heavy atom. The first-order valence-corrected chi connectivity index (χ1v) is 13.2. The number of benzene rings is 1. The summed E-state index contributed by atoms with van der Waals surface area (Å²) in [6, 6.07) is 7.99. The molecule has 2 aromatic rings. The van der Waals surface area contributed by atoms with Crippen LogP contribution in [0.15, 0.2) is 36.1 Å². The van der Waals surface area contributed by atoms with Gasteiger partial charge in [-0.25, -0.2) is 4.79 Å². The highest BCUT2D eigenvalue weighted by atomic mass is 16.8. The number of aromatic nitrogens is 1. The summed E-state index contributed by atoms with van der Waals surface area (Å²) >= 11 is 0. The van der Waals surface area contributed by atoms with E-state index in [2.05, 4.69) is 16.0 Å². The number of esters is 1. The van der Waals surface area contributed by atoms with Crippen LogP contribution in [0.5, 0.6) is 0 Å². The number of H-pyrrole nitrogens is 1. The van der Waals surface area contributed by atoms with E-state index in [9.17, 15) is 30.3 Å². The highest BCUT2D eigenvalue weighted by molar-refractivity contribution is 5.89. The molecule has 1 aromatic carbocycles. The number of aliphatic hydroxyl groups excluding tert-OH is 5. The molecule has 2 fully saturated rings. The third-order valence-corrected chi connectivity index (χ3v) is 8.66. The van der Waals surface area contributed by atoms with Crippen molar-refractivity contribution in [1.29, 1.82) is 0 Å². The Kier molecular flexibility index (Phi) is 7.14. The first-order chi connectivity index (χ1) is 18.8. The van der Waals surface area contributed by atoms with Gasteiger partial charge < -0.3 is 49.5 Å². The number of methoxy groups -OCH3 is 1. The Labute approximate surface area is 224 Å². The Morgan fingerprint density at radius 1 is 1.13 bits per heavy atom. The molecule has 0 bridgehead atoms. The monoisotopic (exact) mass is 546 g/mol. The van der Waals surface area contributed by atoms with Crippen molar-refractivity contribution < 1.29 is 49.3 Å². The molecule has 0 saturated carbocycles. The molecule has 0 amide bonds. The maximum atomic E-state index is 12.8. The second-order valence-electron chi connectivity index (χ2n) is 10.7. The fourth-order valence-electron chi connectivity index (χ4n) is 6.66. The maximum absolute atomic E-state index is 12.8. The zero-order valence-corrected chi connectivity index (χ0v) is 21.4. The van der Waals surface area contributed by atoms with Gasteiger partial charge in [0.05, 0.1) is 43.6 Å². The van der Waals surface area contributed by atoms with E-state index in [4.69, 9.17) is 18.9 Å². The quantitative estimate of drug-likeness (QED) is 0.268. The number of nitrogens with zero attached hydrogens (tertiary/aromatic N) is 1. The number of carbonyl (C=O) groups excluding carboxylic acids is 1. The average Bonchev–Trinajstić information content (AvgIpc) is 3.25. The Balaban J connectivity index is 1.34. The van der Waals surface area contributed by atoms with E-state index in [1.165, 1.54) is 18.9 Å². The Bertz CT molecular complexity index is 1250. The van der Waals surface area contributed by atoms with Crippen molar-refractivity contribution in [3.05, 3.63) is 47.4 Å². The van der Waals surface area contributed by atoms with Gasteiger partial charge in [0.1, 0.15) is 24.4 Å². The third kappa shape index (κ3) is 4.45. The zero-order valence-electron chi connectivity index (χ0n) is 21.4. The molecule has 4 aliphatic rings. The maximum Gasteiger partial charge on any atom is 0.337 e. The lowest BCUT2D eigenvalue weighted by atomic mass is 9.77. The number of hydrogen-bond acceptors (Lipinski definition) is 11. The van der Waals surface area contributed by atoms with Gasteiger partial charge in [-0.15, -0.1) is 0 Å². The number of aliphatic hydroxyl groups is 5. The van der Waals surface area contributed by atoms with Crippen molar-refractivity contribution in [3.63, 3.8) is 0 Å². The molecule has 2 saturated heterocycles. The van der Waals surface area contributed by atoms with Crippen molar-refractivity contribution in [3.8, 4) is 0 Å². The number of hydrogen-bond donors (Lipinski definition) is 6. The molecule has 6 N–H and O–H groups in total. The predicted octanol–water partition coefficient (Wildman–Crippen LogP) is -0.706. The van der Waals surface area contributed by atoms with Crippen LogP contribution in [0.3, 0.4) is 0 Å². The van der Waals surface area contributed by atoms with E-state index in [-0.39, 0.29) is 18.2 Å². The van der Waals surface area contributed by atoms with Crippen molar-refractivity contribution in [2.75, 3.05) is 26.8 Å². The molecule has 0 unspecified atom stereocenters. The van der Waals surface area contributed by atoms with E-state index in [0.29, 0.717) is 13.0 Å². The van der Waals surface area contributed by atoms with Crippen LogP contribution in [0.1, 0.15) is 23.7 Å². The minimum absolute atomic E-state index is 0.120. The molecule has 212 valence electrons. The van der Waals surface area contributed by atoms with Crippen molar-refractivity contribution in [1.82, 2.24) is 9.88 Å². The molecular weight excluding hydrogens is 512 g/mol. The summed E-state index contributed by atoms with van der Waals surface area (Å²) in [5.41, 5.74) is 3.58. The summed E-state index contributed by atoms with van der Waals surface area (Å²) in [7, 11) is 1.28. The Morgan fingerprint density at radius 3 is 2.69 bits per heavy atom. The highest BCUT2D eigenvalue weighted by Gasteiger charge is 2.52.